The van der Waals surface area contributed by atoms with Crippen LogP contribution in [-0.2, 0) is 4.79 Å². The molecule has 8 nitrogen and oxygen atoms in total. The number of amides is 1. The summed E-state index contributed by atoms with van der Waals surface area (Å²) in [6.45, 7) is 2.18. The van der Waals surface area contributed by atoms with Crippen LogP contribution in [0.25, 0.3) is 6.08 Å². The van der Waals surface area contributed by atoms with Crippen LogP contribution in [0.15, 0.2) is 58.4 Å². The third-order valence-electron chi connectivity index (χ3n) is 3.96. The molecule has 1 amide bonds. The number of carboxylic acid groups (broad SMARTS) is 1. The molecule has 0 aliphatic carbocycles. The molecule has 0 unspecified atom stereocenters. The van der Waals surface area contributed by atoms with Gasteiger partial charge < -0.3 is 5.11 Å². The molecule has 1 saturated heterocycles. The number of likely N-dealkylation sites (N-methyl/N-ethyl adjacent to an activating group) is 1. The molecule has 0 bridgehead atoms. The first-order valence-corrected chi connectivity index (χ1v) is 9.09. The second-order valence-electron chi connectivity index (χ2n) is 5.72. The molecule has 0 radical (unpaired) electrons. The fraction of sp³-hybridized carbons (Fsp3) is 0.105. The largest absolute Gasteiger partial charge is 0.478 e. The van der Waals surface area contributed by atoms with Crippen LogP contribution in [0.3, 0.4) is 0 Å². The zero-order valence-electron chi connectivity index (χ0n) is 14.7. The first-order chi connectivity index (χ1) is 13.4. The van der Waals surface area contributed by atoms with Crippen molar-refractivity contribution in [2.45, 2.75) is 6.92 Å². The van der Waals surface area contributed by atoms with Gasteiger partial charge in [-0.05, 0) is 55.1 Å². The molecular weight excluding hydrogens is 382 g/mol. The minimum absolute atomic E-state index is 0.0823. The molecule has 9 heteroatoms. The normalized spacial score (nSPS) is 16.8. The topological polar surface area (TPSA) is 113 Å². The molecular formula is C19H15N3O5S. The number of carbonyl (C=O) groups excluding carboxylic acids is 1. The Morgan fingerprint density at radius 1 is 1.25 bits per heavy atom. The van der Waals surface area contributed by atoms with E-state index in [0.717, 1.165) is 11.8 Å². The van der Waals surface area contributed by atoms with Crippen LogP contribution in [0.2, 0.25) is 0 Å². The standard InChI is InChI=1S/C19H15N3O5S/c1-2-21-17(23)16(11-13-5-3-4-6-15(13)22(26)27)28-19(21)20-14-9-7-12(8-10-14)18(24)25/h3-11H,2H2,1H3,(H,24,25)/b16-11-,20-19?. The molecule has 0 saturated carbocycles. The van der Waals surface area contributed by atoms with E-state index in [4.69, 9.17) is 5.11 Å². The Kier molecular flexibility index (Phi) is 5.55. The van der Waals surface area contributed by atoms with Crippen molar-refractivity contribution >= 4 is 46.3 Å². The number of aliphatic imine (C=N–C) groups is 1. The van der Waals surface area contributed by atoms with Crippen LogP contribution in [-0.4, -0.2) is 38.5 Å². The Morgan fingerprint density at radius 3 is 2.54 bits per heavy atom. The molecule has 1 fully saturated rings. The number of rotatable bonds is 5. The van der Waals surface area contributed by atoms with E-state index >= 15 is 0 Å². The number of carbonyl (C=O) groups is 2. The number of amidine groups is 1. The van der Waals surface area contributed by atoms with Crippen molar-refractivity contribution in [3.05, 3.63) is 74.7 Å². The van der Waals surface area contributed by atoms with Crippen molar-refractivity contribution in [3.63, 3.8) is 0 Å². The van der Waals surface area contributed by atoms with Gasteiger partial charge in [-0.15, -0.1) is 0 Å². The lowest BCUT2D eigenvalue weighted by atomic mass is 10.1. The number of aromatic carboxylic acids is 1. The highest BCUT2D eigenvalue weighted by Crippen LogP contribution is 2.35. The fourth-order valence-corrected chi connectivity index (χ4v) is 3.63. The summed E-state index contributed by atoms with van der Waals surface area (Å²) in [5.74, 6) is -1.32. The summed E-state index contributed by atoms with van der Waals surface area (Å²) in [7, 11) is 0. The quantitative estimate of drug-likeness (QED) is 0.465. The predicted octanol–water partition coefficient (Wildman–Crippen LogP) is 3.92. The molecule has 0 atom stereocenters. The van der Waals surface area contributed by atoms with Crippen LogP contribution in [0, 0.1) is 10.1 Å². The summed E-state index contributed by atoms with van der Waals surface area (Å²) < 4.78 is 0. The van der Waals surface area contributed by atoms with Gasteiger partial charge >= 0.3 is 5.97 Å². The van der Waals surface area contributed by atoms with Gasteiger partial charge in [-0.3, -0.25) is 19.8 Å². The first-order valence-electron chi connectivity index (χ1n) is 8.27. The molecule has 1 aliphatic rings. The van der Waals surface area contributed by atoms with Crippen LogP contribution < -0.4 is 0 Å². The number of carboxylic acids is 1. The third-order valence-corrected chi connectivity index (χ3v) is 4.97. The number of nitrogens with zero attached hydrogens (tertiary/aromatic N) is 3. The Labute approximate surface area is 164 Å². The lowest BCUT2D eigenvalue weighted by Crippen LogP contribution is -2.28. The summed E-state index contributed by atoms with van der Waals surface area (Å²) >= 11 is 1.12. The van der Waals surface area contributed by atoms with Crippen molar-refractivity contribution in [2.75, 3.05) is 6.54 Å². The SMILES string of the molecule is CCN1C(=O)/C(=C/c2ccccc2[N+](=O)[O-])SC1=Nc1ccc(C(=O)O)cc1. The molecule has 142 valence electrons. The van der Waals surface area contributed by atoms with E-state index in [-0.39, 0.29) is 17.2 Å². The van der Waals surface area contributed by atoms with Gasteiger partial charge in [-0.25, -0.2) is 9.79 Å². The second-order valence-corrected chi connectivity index (χ2v) is 6.73. The van der Waals surface area contributed by atoms with Gasteiger partial charge in [-0.2, -0.15) is 0 Å². The Morgan fingerprint density at radius 2 is 1.93 bits per heavy atom. The average Bonchev–Trinajstić information content (AvgIpc) is 2.96. The Bertz CT molecular complexity index is 1010. The lowest BCUT2D eigenvalue weighted by Gasteiger charge is -2.12. The maximum absolute atomic E-state index is 12.7. The summed E-state index contributed by atoms with van der Waals surface area (Å²) in [6.07, 6.45) is 1.49. The molecule has 2 aromatic rings. The summed E-state index contributed by atoms with van der Waals surface area (Å²) in [4.78, 5) is 40.5. The molecule has 0 spiro atoms. The van der Waals surface area contributed by atoms with Crippen LogP contribution in [0.5, 0.6) is 0 Å². The number of nitro groups is 1. The van der Waals surface area contributed by atoms with Crippen LogP contribution >= 0.6 is 11.8 Å². The highest BCUT2D eigenvalue weighted by molar-refractivity contribution is 8.18. The summed E-state index contributed by atoms with van der Waals surface area (Å²) in [5.41, 5.74) is 0.904. The van der Waals surface area contributed by atoms with Crippen LogP contribution in [0.1, 0.15) is 22.8 Å². The Hall–Kier alpha value is -3.46. The van der Waals surface area contributed by atoms with Crippen molar-refractivity contribution in [1.29, 1.82) is 0 Å². The molecule has 28 heavy (non-hydrogen) atoms. The molecule has 1 heterocycles. The van der Waals surface area contributed by atoms with E-state index in [1.54, 1.807) is 37.3 Å². The van der Waals surface area contributed by atoms with Gasteiger partial charge in [0.05, 0.1) is 26.6 Å². The maximum atomic E-state index is 12.7. The molecule has 1 aliphatic heterocycles. The van der Waals surface area contributed by atoms with E-state index in [0.29, 0.717) is 27.9 Å². The van der Waals surface area contributed by atoms with Crippen molar-refractivity contribution < 1.29 is 19.6 Å². The van der Waals surface area contributed by atoms with Gasteiger partial charge in [-0.1, -0.05) is 12.1 Å². The van der Waals surface area contributed by atoms with Crippen LogP contribution in [0.4, 0.5) is 11.4 Å². The second kappa shape index (κ2) is 8.05. The highest BCUT2D eigenvalue weighted by atomic mass is 32.2. The molecule has 3 rings (SSSR count). The number of hydrogen-bond donors (Lipinski definition) is 1. The van der Waals surface area contributed by atoms with E-state index in [1.165, 1.54) is 29.2 Å². The smallest absolute Gasteiger partial charge is 0.335 e. The van der Waals surface area contributed by atoms with Gasteiger partial charge in [0.25, 0.3) is 11.6 Å². The zero-order chi connectivity index (χ0) is 20.3. The van der Waals surface area contributed by atoms with E-state index in [2.05, 4.69) is 4.99 Å². The fourth-order valence-electron chi connectivity index (χ4n) is 2.58. The van der Waals surface area contributed by atoms with E-state index < -0.39 is 10.9 Å². The van der Waals surface area contributed by atoms with Gasteiger partial charge in [0.1, 0.15) is 0 Å². The number of para-hydroxylation sites is 1. The number of benzene rings is 2. The molecule has 2 aromatic carbocycles. The highest BCUT2D eigenvalue weighted by Gasteiger charge is 2.32. The number of nitro benzene ring substituents is 1. The van der Waals surface area contributed by atoms with Gasteiger partial charge in [0, 0.05) is 12.6 Å². The predicted molar refractivity (Wildman–Crippen MR) is 107 cm³/mol. The van der Waals surface area contributed by atoms with E-state index in [1.807, 2.05) is 0 Å². The van der Waals surface area contributed by atoms with E-state index in [9.17, 15) is 19.7 Å². The van der Waals surface area contributed by atoms with Gasteiger partial charge in [0.15, 0.2) is 5.17 Å². The minimum atomic E-state index is -1.03. The van der Waals surface area contributed by atoms with Crippen molar-refractivity contribution in [1.82, 2.24) is 4.90 Å². The average molecular weight is 397 g/mol. The van der Waals surface area contributed by atoms with Crippen molar-refractivity contribution in [3.8, 4) is 0 Å². The number of thioether (sulfide) groups is 1. The Balaban J connectivity index is 1.95. The molecule has 0 aromatic heterocycles. The minimum Gasteiger partial charge on any atom is -0.478 e. The summed E-state index contributed by atoms with van der Waals surface area (Å²) in [5, 5.41) is 20.6. The summed E-state index contributed by atoms with van der Waals surface area (Å²) in [6, 6.07) is 12.2. The van der Waals surface area contributed by atoms with Gasteiger partial charge in [0.2, 0.25) is 0 Å². The maximum Gasteiger partial charge on any atom is 0.335 e. The monoisotopic (exact) mass is 397 g/mol. The first kappa shape index (κ1) is 19.3. The molecule has 1 N–H and O–H groups in total. The lowest BCUT2D eigenvalue weighted by molar-refractivity contribution is -0.385. The van der Waals surface area contributed by atoms with Crippen molar-refractivity contribution in [2.24, 2.45) is 4.99 Å². The zero-order valence-corrected chi connectivity index (χ0v) is 15.5. The number of hydrogen-bond acceptors (Lipinski definition) is 6. The third kappa shape index (κ3) is 3.94.